The van der Waals surface area contributed by atoms with Crippen molar-refractivity contribution < 1.29 is 8.42 Å². The van der Waals surface area contributed by atoms with Crippen molar-refractivity contribution in [3.63, 3.8) is 0 Å². The number of hydrogen-bond donors (Lipinski definition) is 1. The molecule has 0 amide bonds. The van der Waals surface area contributed by atoms with Gasteiger partial charge in [-0.15, -0.1) is 0 Å². The van der Waals surface area contributed by atoms with Crippen LogP contribution in [0.4, 0.5) is 0 Å². The Morgan fingerprint density at radius 2 is 1.88 bits per heavy atom. The van der Waals surface area contributed by atoms with Crippen LogP contribution in [-0.4, -0.2) is 21.8 Å². The molecule has 0 bridgehead atoms. The van der Waals surface area contributed by atoms with E-state index < -0.39 is 15.6 Å². The van der Waals surface area contributed by atoms with E-state index in [1.807, 2.05) is 0 Å². The molecule has 0 aliphatic heterocycles. The lowest BCUT2D eigenvalue weighted by Gasteiger charge is -2.20. The fourth-order valence-corrected chi connectivity index (χ4v) is 3.17. The predicted molar refractivity (Wildman–Crippen MR) is 66.9 cm³/mol. The first-order valence-electron chi connectivity index (χ1n) is 4.71. The molecule has 1 aromatic carbocycles. The number of halogens is 1. The van der Waals surface area contributed by atoms with E-state index >= 15 is 0 Å². The third-order valence-corrected chi connectivity index (χ3v) is 3.93. The lowest BCUT2D eigenvalue weighted by atomic mass is 9.97. The maximum absolute atomic E-state index is 11.9. The predicted octanol–water partition coefficient (Wildman–Crippen LogP) is 1.21. The fraction of sp³-hybridized carbons (Fsp3) is 0.400. The van der Waals surface area contributed by atoms with E-state index in [-0.39, 0.29) is 9.92 Å². The van der Waals surface area contributed by atoms with E-state index in [0.29, 0.717) is 5.46 Å². The van der Waals surface area contributed by atoms with Gasteiger partial charge in [-0.2, -0.15) is 0 Å². The van der Waals surface area contributed by atoms with Gasteiger partial charge in [-0.05, 0) is 32.9 Å². The summed E-state index contributed by atoms with van der Waals surface area (Å²) >= 11 is 5.84. The van der Waals surface area contributed by atoms with E-state index in [9.17, 15) is 8.42 Å². The van der Waals surface area contributed by atoms with Gasteiger partial charge in [0.05, 0.1) is 5.02 Å². The largest absolute Gasteiger partial charge is 0.242 e. The highest BCUT2D eigenvalue weighted by Gasteiger charge is 2.23. The molecule has 0 saturated heterocycles. The van der Waals surface area contributed by atoms with Crippen LogP contribution in [0.5, 0.6) is 0 Å². The Morgan fingerprint density at radius 3 is 2.31 bits per heavy atom. The van der Waals surface area contributed by atoms with Crippen LogP contribution in [0, 0.1) is 0 Å². The Labute approximate surface area is 103 Å². The smallest absolute Gasteiger partial charge is 0.207 e. The van der Waals surface area contributed by atoms with Crippen molar-refractivity contribution in [1.29, 1.82) is 0 Å². The minimum absolute atomic E-state index is 0.0401. The van der Waals surface area contributed by atoms with Crippen LogP contribution in [0.3, 0.4) is 0 Å². The lowest BCUT2D eigenvalue weighted by molar-refractivity contribution is 0.491. The second-order valence-electron chi connectivity index (χ2n) is 4.55. The number of sulfonamides is 1. The van der Waals surface area contributed by atoms with Crippen molar-refractivity contribution in [2.45, 2.75) is 31.2 Å². The number of rotatable bonds is 2. The topological polar surface area (TPSA) is 46.2 Å². The zero-order chi connectivity index (χ0) is 12.6. The van der Waals surface area contributed by atoms with Gasteiger partial charge in [-0.3, -0.25) is 0 Å². The second-order valence-corrected chi connectivity index (χ2v) is 6.60. The van der Waals surface area contributed by atoms with E-state index in [1.165, 1.54) is 18.2 Å². The van der Waals surface area contributed by atoms with Crippen molar-refractivity contribution in [3.05, 3.63) is 23.2 Å². The van der Waals surface area contributed by atoms with Gasteiger partial charge in [0.1, 0.15) is 12.7 Å². The molecule has 2 radical (unpaired) electrons. The summed E-state index contributed by atoms with van der Waals surface area (Å²) in [6, 6.07) is 4.31. The normalized spacial score (nSPS) is 12.8. The summed E-state index contributed by atoms with van der Waals surface area (Å²) in [6.45, 7) is 5.28. The molecule has 0 aromatic heterocycles. The van der Waals surface area contributed by atoms with Gasteiger partial charge in [0.15, 0.2) is 0 Å². The molecule has 86 valence electrons. The molecule has 1 aromatic rings. The van der Waals surface area contributed by atoms with Crippen molar-refractivity contribution in [2.24, 2.45) is 0 Å². The third kappa shape index (κ3) is 3.51. The lowest BCUT2D eigenvalue weighted by Crippen LogP contribution is -2.40. The fourth-order valence-electron chi connectivity index (χ4n) is 1.19. The Hall–Kier alpha value is -0.515. The summed E-state index contributed by atoms with van der Waals surface area (Å²) in [4.78, 5) is 0.0401. The summed E-state index contributed by atoms with van der Waals surface area (Å²) < 4.78 is 26.4. The highest BCUT2D eigenvalue weighted by atomic mass is 35.5. The van der Waals surface area contributed by atoms with Crippen molar-refractivity contribution >= 4 is 34.9 Å². The molecule has 0 fully saturated rings. The van der Waals surface area contributed by atoms with Gasteiger partial charge in [0.2, 0.25) is 10.0 Å². The summed E-state index contributed by atoms with van der Waals surface area (Å²) in [5.74, 6) is 0. The van der Waals surface area contributed by atoms with Gasteiger partial charge in [-0.25, -0.2) is 13.1 Å². The summed E-state index contributed by atoms with van der Waals surface area (Å²) in [5, 5.41) is 0.122. The summed E-state index contributed by atoms with van der Waals surface area (Å²) in [6.07, 6.45) is 0. The van der Waals surface area contributed by atoms with Gasteiger partial charge >= 0.3 is 0 Å². The first-order chi connectivity index (χ1) is 7.12. The van der Waals surface area contributed by atoms with E-state index in [1.54, 1.807) is 20.8 Å². The van der Waals surface area contributed by atoms with Gasteiger partial charge in [0, 0.05) is 5.54 Å². The maximum atomic E-state index is 11.9. The molecule has 1 rings (SSSR count). The first-order valence-corrected chi connectivity index (χ1v) is 6.57. The standard InChI is InChI=1S/C10H13BClNO2S/c1-10(2,3)13-16(14,15)9-5-4-7(11)6-8(9)12/h4-6,13H,1-3H3. The molecule has 0 spiro atoms. The Bertz CT molecular complexity index is 494. The van der Waals surface area contributed by atoms with Crippen molar-refractivity contribution in [1.82, 2.24) is 4.72 Å². The molecule has 0 saturated carbocycles. The minimum Gasteiger partial charge on any atom is -0.207 e. The molecule has 0 unspecified atom stereocenters. The van der Waals surface area contributed by atoms with E-state index in [4.69, 9.17) is 19.4 Å². The van der Waals surface area contributed by atoms with Crippen LogP contribution in [0.25, 0.3) is 0 Å². The minimum atomic E-state index is -3.60. The van der Waals surface area contributed by atoms with Gasteiger partial charge in [0.25, 0.3) is 0 Å². The zero-order valence-corrected chi connectivity index (χ0v) is 11.0. The zero-order valence-electron chi connectivity index (χ0n) is 9.41. The Morgan fingerprint density at radius 1 is 1.31 bits per heavy atom. The third-order valence-electron chi connectivity index (χ3n) is 1.69. The molecule has 0 aliphatic rings. The molecule has 0 heterocycles. The first kappa shape index (κ1) is 13.5. The van der Waals surface area contributed by atoms with Crippen LogP contribution >= 0.6 is 11.6 Å². The molecule has 6 heteroatoms. The molecule has 0 aliphatic carbocycles. The van der Waals surface area contributed by atoms with Crippen LogP contribution < -0.4 is 10.2 Å². The highest BCUT2D eigenvalue weighted by molar-refractivity contribution is 7.89. The average Bonchev–Trinajstić information content (AvgIpc) is 1.97. The second kappa shape index (κ2) is 4.39. The van der Waals surface area contributed by atoms with E-state index in [0.717, 1.165) is 0 Å². The van der Waals surface area contributed by atoms with Crippen LogP contribution in [0.1, 0.15) is 20.8 Å². The van der Waals surface area contributed by atoms with Gasteiger partial charge < -0.3 is 0 Å². The molecule has 16 heavy (non-hydrogen) atoms. The van der Waals surface area contributed by atoms with Crippen molar-refractivity contribution in [2.75, 3.05) is 0 Å². The molecular weight excluding hydrogens is 244 g/mol. The van der Waals surface area contributed by atoms with Crippen molar-refractivity contribution in [3.8, 4) is 0 Å². The Balaban J connectivity index is 3.18. The average molecular weight is 258 g/mol. The monoisotopic (exact) mass is 257 g/mol. The van der Waals surface area contributed by atoms with Gasteiger partial charge in [-0.1, -0.05) is 23.1 Å². The highest BCUT2D eigenvalue weighted by Crippen LogP contribution is 2.20. The van der Waals surface area contributed by atoms with E-state index in [2.05, 4.69) is 4.72 Å². The molecule has 1 N–H and O–H groups in total. The van der Waals surface area contributed by atoms with Crippen LogP contribution in [-0.2, 0) is 10.0 Å². The number of hydrogen-bond acceptors (Lipinski definition) is 2. The quantitative estimate of drug-likeness (QED) is 0.810. The summed E-state index contributed by atoms with van der Waals surface area (Å²) in [7, 11) is 1.90. The summed E-state index contributed by atoms with van der Waals surface area (Å²) in [5.41, 5.74) is -0.122. The van der Waals surface area contributed by atoms with Crippen LogP contribution in [0.2, 0.25) is 5.02 Å². The molecule has 3 nitrogen and oxygen atoms in total. The van der Waals surface area contributed by atoms with Crippen LogP contribution in [0.15, 0.2) is 23.1 Å². The number of nitrogens with one attached hydrogen (secondary N) is 1. The molecule has 0 atom stereocenters. The molecular formula is C10H13BClNO2S. The number of benzene rings is 1. The SMILES string of the molecule is [B]c1ccc(S(=O)(=O)NC(C)(C)C)c(Cl)c1. The Kier molecular flexibility index (Phi) is 3.72. The maximum Gasteiger partial charge on any atom is 0.242 e.